The number of likely N-dealkylation sites (tertiary alicyclic amines) is 1. The Morgan fingerprint density at radius 1 is 1.03 bits per heavy atom. The standard InChI is InChI=1S/C22H25FN2O4/c1-28-19-6-8-20(9-7-19)29-15-12-24-21(26)16-10-13-25(14-11-16)22(27)17-2-4-18(23)5-3-17/h2-9,16H,10-15H2,1H3,(H,24,26). The van der Waals surface area contributed by atoms with Crippen molar-refractivity contribution in [1.29, 1.82) is 0 Å². The van der Waals surface area contributed by atoms with Gasteiger partial charge in [-0.15, -0.1) is 0 Å². The minimum atomic E-state index is -0.368. The minimum Gasteiger partial charge on any atom is -0.497 e. The van der Waals surface area contributed by atoms with Crippen LogP contribution in [-0.2, 0) is 4.79 Å². The molecule has 1 saturated heterocycles. The van der Waals surface area contributed by atoms with Gasteiger partial charge in [0.1, 0.15) is 23.9 Å². The van der Waals surface area contributed by atoms with Crippen LogP contribution in [0.3, 0.4) is 0 Å². The van der Waals surface area contributed by atoms with E-state index in [0.717, 1.165) is 5.75 Å². The lowest BCUT2D eigenvalue weighted by Gasteiger charge is -2.31. The molecule has 0 unspecified atom stereocenters. The zero-order chi connectivity index (χ0) is 20.6. The van der Waals surface area contributed by atoms with Gasteiger partial charge < -0.3 is 19.7 Å². The summed E-state index contributed by atoms with van der Waals surface area (Å²) < 4.78 is 23.7. The lowest BCUT2D eigenvalue weighted by Crippen LogP contribution is -2.43. The van der Waals surface area contributed by atoms with Crippen molar-refractivity contribution in [2.24, 2.45) is 5.92 Å². The van der Waals surface area contributed by atoms with Gasteiger partial charge in [0.25, 0.3) is 5.91 Å². The number of methoxy groups -OCH3 is 1. The molecule has 7 heteroatoms. The van der Waals surface area contributed by atoms with Gasteiger partial charge in [0.2, 0.25) is 5.91 Å². The predicted octanol–water partition coefficient (Wildman–Crippen LogP) is 2.88. The van der Waals surface area contributed by atoms with Crippen LogP contribution in [0.4, 0.5) is 4.39 Å². The van der Waals surface area contributed by atoms with Crippen molar-refractivity contribution in [1.82, 2.24) is 10.2 Å². The van der Waals surface area contributed by atoms with Gasteiger partial charge in [-0.05, 0) is 61.4 Å². The first kappa shape index (κ1) is 20.6. The van der Waals surface area contributed by atoms with Crippen LogP contribution in [0.25, 0.3) is 0 Å². The van der Waals surface area contributed by atoms with E-state index >= 15 is 0 Å². The van der Waals surface area contributed by atoms with Crippen LogP contribution in [0.2, 0.25) is 0 Å². The summed E-state index contributed by atoms with van der Waals surface area (Å²) >= 11 is 0. The Morgan fingerprint density at radius 2 is 1.66 bits per heavy atom. The highest BCUT2D eigenvalue weighted by Gasteiger charge is 2.27. The second-order valence-electron chi connectivity index (χ2n) is 6.89. The molecule has 2 amide bonds. The van der Waals surface area contributed by atoms with Gasteiger partial charge in [-0.25, -0.2) is 4.39 Å². The molecule has 0 bridgehead atoms. The van der Waals surface area contributed by atoms with E-state index in [2.05, 4.69) is 5.32 Å². The van der Waals surface area contributed by atoms with E-state index in [1.54, 1.807) is 12.0 Å². The lowest BCUT2D eigenvalue weighted by atomic mass is 9.95. The van der Waals surface area contributed by atoms with Gasteiger partial charge in [0.15, 0.2) is 0 Å². The van der Waals surface area contributed by atoms with E-state index in [0.29, 0.717) is 50.4 Å². The van der Waals surface area contributed by atoms with Crippen molar-refractivity contribution in [3.8, 4) is 11.5 Å². The molecule has 1 aliphatic rings. The number of rotatable bonds is 7. The van der Waals surface area contributed by atoms with Crippen LogP contribution >= 0.6 is 0 Å². The van der Waals surface area contributed by atoms with Gasteiger partial charge in [-0.2, -0.15) is 0 Å². The molecule has 154 valence electrons. The summed E-state index contributed by atoms with van der Waals surface area (Å²) in [5.74, 6) is 0.845. The number of ether oxygens (including phenoxy) is 2. The van der Waals surface area contributed by atoms with Crippen molar-refractivity contribution in [3.63, 3.8) is 0 Å². The highest BCUT2D eigenvalue weighted by atomic mass is 19.1. The first-order chi connectivity index (χ1) is 14.1. The van der Waals surface area contributed by atoms with Crippen molar-refractivity contribution < 1.29 is 23.5 Å². The van der Waals surface area contributed by atoms with E-state index in [-0.39, 0.29) is 23.5 Å². The monoisotopic (exact) mass is 400 g/mol. The average Bonchev–Trinajstić information content (AvgIpc) is 2.77. The molecule has 0 atom stereocenters. The first-order valence-corrected chi connectivity index (χ1v) is 9.66. The molecule has 3 rings (SSSR count). The summed E-state index contributed by atoms with van der Waals surface area (Å²) in [6.07, 6.45) is 1.22. The van der Waals surface area contributed by atoms with Gasteiger partial charge >= 0.3 is 0 Å². The SMILES string of the molecule is COc1ccc(OCCNC(=O)C2CCN(C(=O)c3ccc(F)cc3)CC2)cc1. The molecule has 1 fully saturated rings. The quantitative estimate of drug-likeness (QED) is 0.726. The number of halogens is 1. The fourth-order valence-electron chi connectivity index (χ4n) is 3.28. The van der Waals surface area contributed by atoms with Crippen molar-refractivity contribution in [2.75, 3.05) is 33.4 Å². The van der Waals surface area contributed by atoms with Crippen LogP contribution in [-0.4, -0.2) is 50.1 Å². The third-order valence-electron chi connectivity index (χ3n) is 4.97. The molecular formula is C22H25FN2O4. The predicted molar refractivity (Wildman–Crippen MR) is 107 cm³/mol. The topological polar surface area (TPSA) is 67.9 Å². The van der Waals surface area contributed by atoms with E-state index in [1.165, 1.54) is 24.3 Å². The molecule has 29 heavy (non-hydrogen) atoms. The maximum absolute atomic E-state index is 13.0. The number of hydrogen-bond acceptors (Lipinski definition) is 4. The van der Waals surface area contributed by atoms with E-state index < -0.39 is 0 Å². The van der Waals surface area contributed by atoms with Crippen molar-refractivity contribution in [2.45, 2.75) is 12.8 Å². The Hall–Kier alpha value is -3.09. The van der Waals surface area contributed by atoms with Crippen LogP contribution < -0.4 is 14.8 Å². The fraction of sp³-hybridized carbons (Fsp3) is 0.364. The van der Waals surface area contributed by atoms with Crippen molar-refractivity contribution in [3.05, 3.63) is 59.9 Å². The van der Waals surface area contributed by atoms with E-state index in [1.807, 2.05) is 24.3 Å². The highest BCUT2D eigenvalue weighted by Crippen LogP contribution is 2.20. The fourth-order valence-corrected chi connectivity index (χ4v) is 3.28. The number of benzene rings is 2. The highest BCUT2D eigenvalue weighted by molar-refractivity contribution is 5.94. The number of carbonyl (C=O) groups is 2. The molecule has 0 saturated carbocycles. The lowest BCUT2D eigenvalue weighted by molar-refractivity contribution is -0.126. The molecule has 2 aromatic carbocycles. The summed E-state index contributed by atoms with van der Waals surface area (Å²) in [7, 11) is 1.61. The summed E-state index contributed by atoms with van der Waals surface area (Å²) in [4.78, 5) is 26.5. The summed E-state index contributed by atoms with van der Waals surface area (Å²) in [6, 6.07) is 12.8. The number of carbonyl (C=O) groups excluding carboxylic acids is 2. The zero-order valence-electron chi connectivity index (χ0n) is 16.4. The Morgan fingerprint density at radius 3 is 2.28 bits per heavy atom. The minimum absolute atomic E-state index is 0.0165. The molecule has 0 aliphatic carbocycles. The van der Waals surface area contributed by atoms with E-state index in [9.17, 15) is 14.0 Å². The molecule has 0 radical (unpaired) electrons. The smallest absolute Gasteiger partial charge is 0.253 e. The summed E-state index contributed by atoms with van der Waals surface area (Å²) in [5, 5.41) is 2.89. The van der Waals surface area contributed by atoms with Crippen molar-refractivity contribution >= 4 is 11.8 Å². The number of nitrogens with one attached hydrogen (secondary N) is 1. The van der Waals surface area contributed by atoms with E-state index in [4.69, 9.17) is 9.47 Å². The summed E-state index contributed by atoms with van der Waals surface area (Å²) in [5.41, 5.74) is 0.463. The van der Waals surface area contributed by atoms with Gasteiger partial charge in [-0.1, -0.05) is 0 Å². The Labute approximate surface area is 169 Å². The molecule has 0 spiro atoms. The maximum atomic E-state index is 13.0. The Kier molecular flexibility index (Phi) is 7.05. The second kappa shape index (κ2) is 9.91. The molecule has 1 aliphatic heterocycles. The van der Waals surface area contributed by atoms with Crippen LogP contribution in [0, 0.1) is 11.7 Å². The largest absolute Gasteiger partial charge is 0.497 e. The zero-order valence-corrected chi connectivity index (χ0v) is 16.4. The number of piperidine rings is 1. The van der Waals surface area contributed by atoms with Gasteiger partial charge in [0.05, 0.1) is 13.7 Å². The molecule has 1 N–H and O–H groups in total. The van der Waals surface area contributed by atoms with Crippen LogP contribution in [0.5, 0.6) is 11.5 Å². The average molecular weight is 400 g/mol. The third-order valence-corrected chi connectivity index (χ3v) is 4.97. The third kappa shape index (κ3) is 5.70. The molecule has 2 aromatic rings. The first-order valence-electron chi connectivity index (χ1n) is 9.66. The van der Waals surface area contributed by atoms with Gasteiger partial charge in [-0.3, -0.25) is 9.59 Å². The normalized spacial score (nSPS) is 14.3. The molecule has 0 aromatic heterocycles. The molecule has 6 nitrogen and oxygen atoms in total. The Balaban J connectivity index is 1.37. The summed E-state index contributed by atoms with van der Waals surface area (Å²) in [6.45, 7) is 1.81. The van der Waals surface area contributed by atoms with Crippen LogP contribution in [0.15, 0.2) is 48.5 Å². The second-order valence-corrected chi connectivity index (χ2v) is 6.89. The number of nitrogens with zero attached hydrogens (tertiary/aromatic N) is 1. The number of hydrogen-bond donors (Lipinski definition) is 1. The molecule has 1 heterocycles. The Bertz CT molecular complexity index is 816. The van der Waals surface area contributed by atoms with Gasteiger partial charge in [0, 0.05) is 24.6 Å². The maximum Gasteiger partial charge on any atom is 0.253 e. The van der Waals surface area contributed by atoms with Crippen LogP contribution in [0.1, 0.15) is 23.2 Å². The number of amides is 2. The molecular weight excluding hydrogens is 375 g/mol.